The number of ether oxygens (including phenoxy) is 2. The number of H-pyrrole nitrogens is 1. The minimum absolute atomic E-state index is 0.217. The fourth-order valence-electron chi connectivity index (χ4n) is 4.68. The second kappa shape index (κ2) is 9.66. The fraction of sp³-hybridized carbons (Fsp3) is 0.321. The van der Waals surface area contributed by atoms with Crippen LogP contribution in [0.4, 0.5) is 4.39 Å². The molecule has 1 aliphatic heterocycles. The number of halogens is 1. The van der Waals surface area contributed by atoms with E-state index in [1.165, 1.54) is 12.7 Å². The fourth-order valence-corrected chi connectivity index (χ4v) is 4.68. The average Bonchev–Trinajstić information content (AvgIpc) is 3.28. The lowest BCUT2D eigenvalue weighted by atomic mass is 10.0. The zero-order valence-corrected chi connectivity index (χ0v) is 20.5. The summed E-state index contributed by atoms with van der Waals surface area (Å²) in [5.74, 6) is 1.94. The minimum Gasteiger partial charge on any atom is -0.493 e. The molecule has 1 atom stereocenters. The van der Waals surface area contributed by atoms with Crippen molar-refractivity contribution >= 4 is 27.4 Å². The molecule has 7 heteroatoms. The summed E-state index contributed by atoms with van der Waals surface area (Å²) in [5, 5.41) is 4.89. The van der Waals surface area contributed by atoms with Gasteiger partial charge in [-0.15, -0.1) is 0 Å². The van der Waals surface area contributed by atoms with Gasteiger partial charge in [0.15, 0.2) is 11.5 Å². The highest BCUT2D eigenvalue weighted by molar-refractivity contribution is 6.05. The van der Waals surface area contributed by atoms with E-state index in [2.05, 4.69) is 20.3 Å². The zero-order chi connectivity index (χ0) is 24.5. The Morgan fingerprint density at radius 2 is 1.94 bits per heavy atom. The van der Waals surface area contributed by atoms with Crippen LogP contribution in [0.1, 0.15) is 43.6 Å². The Morgan fingerprint density at radius 3 is 2.71 bits per heavy atom. The minimum atomic E-state index is -0.217. The van der Waals surface area contributed by atoms with E-state index in [4.69, 9.17) is 9.47 Å². The Labute approximate surface area is 204 Å². The molecule has 35 heavy (non-hydrogen) atoms. The molecule has 2 N–H and O–H groups in total. The van der Waals surface area contributed by atoms with Crippen molar-refractivity contribution in [2.24, 2.45) is 0 Å². The van der Waals surface area contributed by atoms with E-state index in [1.54, 1.807) is 7.11 Å². The van der Waals surface area contributed by atoms with Gasteiger partial charge in [-0.3, -0.25) is 0 Å². The lowest BCUT2D eigenvalue weighted by molar-refractivity contribution is 0.263. The van der Waals surface area contributed by atoms with E-state index < -0.39 is 0 Å². The Bertz CT molecular complexity index is 1410. The van der Waals surface area contributed by atoms with E-state index >= 15 is 4.39 Å². The molecule has 2 aromatic heterocycles. The summed E-state index contributed by atoms with van der Waals surface area (Å²) in [6.07, 6.45) is 5.79. The van der Waals surface area contributed by atoms with E-state index in [-0.39, 0.29) is 5.82 Å². The first-order valence-corrected chi connectivity index (χ1v) is 12.2. The topological polar surface area (TPSA) is 72.1 Å². The molecule has 0 saturated carbocycles. The standard InChI is InChI=1S/C26H24FN4O2.C2H6/c1-14-8-19-21(31-14)6-5-16(25(19)27)17-9-18(17)26-20-10-23(32-2)24(11-22(20)29-13-30-26)33-12-15-4-3-7-28-15;1-2/h5-6,8-11,13,15,28,31H,3-4,7,12H2,1-2H3;1-2H3/t15-;/m0./s1. The molecule has 2 aliphatic rings. The normalized spacial score (nSPS) is 17.3. The molecular weight excluding hydrogens is 443 g/mol. The summed E-state index contributed by atoms with van der Waals surface area (Å²) >= 11 is 0. The summed E-state index contributed by atoms with van der Waals surface area (Å²) in [6, 6.07) is 9.74. The van der Waals surface area contributed by atoms with Crippen LogP contribution < -0.4 is 14.8 Å². The molecule has 1 aliphatic carbocycles. The molecule has 0 unspecified atom stereocenters. The molecule has 1 fully saturated rings. The van der Waals surface area contributed by atoms with Gasteiger partial charge in [-0.25, -0.2) is 14.4 Å². The first kappa shape index (κ1) is 23.3. The van der Waals surface area contributed by atoms with Gasteiger partial charge in [0.25, 0.3) is 0 Å². The van der Waals surface area contributed by atoms with Crippen LogP contribution in [0.3, 0.4) is 0 Å². The number of allylic oxidation sites excluding steroid dienone is 2. The predicted molar refractivity (Wildman–Crippen MR) is 137 cm³/mol. The second-order valence-electron chi connectivity index (χ2n) is 8.66. The van der Waals surface area contributed by atoms with Gasteiger partial charge < -0.3 is 19.8 Å². The summed E-state index contributed by atoms with van der Waals surface area (Å²) in [7, 11) is 1.63. The Balaban J connectivity index is 0.00000124. The third-order valence-corrected chi connectivity index (χ3v) is 6.44. The van der Waals surface area contributed by atoms with Crippen LogP contribution in [0, 0.1) is 18.7 Å². The number of fused-ring (bicyclic) bond motifs is 2. The van der Waals surface area contributed by atoms with Crippen molar-refractivity contribution in [3.63, 3.8) is 0 Å². The molecule has 4 aromatic rings. The van der Waals surface area contributed by atoms with E-state index in [1.807, 2.05) is 57.2 Å². The monoisotopic (exact) mass is 473 g/mol. The van der Waals surface area contributed by atoms with Crippen molar-refractivity contribution in [1.82, 2.24) is 20.3 Å². The highest BCUT2D eigenvalue weighted by atomic mass is 19.1. The number of aromatic amines is 1. The average molecular weight is 474 g/mol. The molecule has 3 heterocycles. The molecule has 6 rings (SSSR count). The maximum absolute atomic E-state index is 15.2. The van der Waals surface area contributed by atoms with Crippen molar-refractivity contribution < 1.29 is 13.9 Å². The number of methoxy groups -OCH3 is 1. The molecule has 0 bridgehead atoms. The molecule has 2 aromatic carbocycles. The smallest absolute Gasteiger partial charge is 0.163 e. The summed E-state index contributed by atoms with van der Waals surface area (Å²) in [5.41, 5.74) is 4.76. The van der Waals surface area contributed by atoms with Crippen LogP contribution in [0.25, 0.3) is 27.4 Å². The molecular formula is C28H30FN4O2. The lowest BCUT2D eigenvalue weighted by Crippen LogP contribution is -2.28. The van der Waals surface area contributed by atoms with Crippen LogP contribution in [-0.2, 0) is 0 Å². The molecule has 0 spiro atoms. The van der Waals surface area contributed by atoms with Crippen molar-refractivity contribution in [1.29, 1.82) is 0 Å². The van der Waals surface area contributed by atoms with Gasteiger partial charge in [-0.1, -0.05) is 26.0 Å². The van der Waals surface area contributed by atoms with E-state index in [0.29, 0.717) is 35.1 Å². The SMILES string of the molecule is CC.COc1cc2c(C3=C[C]3c3ccc4[nH]c(C)cc4c3F)ncnc2cc1OC[C@@H]1CCCN1. The van der Waals surface area contributed by atoms with Crippen molar-refractivity contribution in [2.75, 3.05) is 20.3 Å². The third kappa shape index (κ3) is 4.36. The first-order chi connectivity index (χ1) is 17.1. The lowest BCUT2D eigenvalue weighted by Gasteiger charge is -2.15. The number of nitrogens with one attached hydrogen (secondary N) is 2. The number of benzene rings is 2. The summed E-state index contributed by atoms with van der Waals surface area (Å²) in [6.45, 7) is 7.55. The molecule has 6 nitrogen and oxygen atoms in total. The number of hydrogen-bond donors (Lipinski definition) is 2. The van der Waals surface area contributed by atoms with Gasteiger partial charge in [-0.05, 0) is 50.1 Å². The highest BCUT2D eigenvalue weighted by Gasteiger charge is 2.34. The van der Waals surface area contributed by atoms with Gasteiger partial charge in [-0.2, -0.15) is 0 Å². The van der Waals surface area contributed by atoms with Gasteiger partial charge in [0.05, 0.1) is 24.2 Å². The molecule has 0 amide bonds. The molecule has 1 radical (unpaired) electrons. The maximum Gasteiger partial charge on any atom is 0.163 e. The van der Waals surface area contributed by atoms with Crippen LogP contribution in [0.15, 0.2) is 42.7 Å². The molecule has 1 saturated heterocycles. The Kier molecular flexibility index (Phi) is 6.43. The van der Waals surface area contributed by atoms with Crippen molar-refractivity contribution in [3.8, 4) is 11.5 Å². The number of nitrogens with zero attached hydrogens (tertiary/aromatic N) is 2. The Hall–Kier alpha value is -3.45. The Morgan fingerprint density at radius 1 is 1.09 bits per heavy atom. The third-order valence-electron chi connectivity index (χ3n) is 6.44. The van der Waals surface area contributed by atoms with Crippen LogP contribution in [-0.4, -0.2) is 41.3 Å². The first-order valence-electron chi connectivity index (χ1n) is 12.2. The quantitative estimate of drug-likeness (QED) is 0.373. The predicted octanol–water partition coefficient (Wildman–Crippen LogP) is 5.74. The van der Waals surface area contributed by atoms with Crippen LogP contribution in [0.5, 0.6) is 11.5 Å². The number of rotatable bonds is 6. The molecule has 181 valence electrons. The maximum atomic E-state index is 15.2. The van der Waals surface area contributed by atoms with Gasteiger partial charge >= 0.3 is 0 Å². The summed E-state index contributed by atoms with van der Waals surface area (Å²) < 4.78 is 26.9. The van der Waals surface area contributed by atoms with Crippen molar-refractivity contribution in [2.45, 2.75) is 39.7 Å². The van der Waals surface area contributed by atoms with Crippen LogP contribution >= 0.6 is 0 Å². The number of hydrogen-bond acceptors (Lipinski definition) is 5. The number of aromatic nitrogens is 3. The second-order valence-corrected chi connectivity index (χ2v) is 8.66. The largest absolute Gasteiger partial charge is 0.493 e. The highest BCUT2D eigenvalue weighted by Crippen LogP contribution is 2.48. The van der Waals surface area contributed by atoms with Crippen LogP contribution in [0.2, 0.25) is 0 Å². The van der Waals surface area contributed by atoms with Gasteiger partial charge in [0.1, 0.15) is 18.8 Å². The van der Waals surface area contributed by atoms with Gasteiger partial charge in [0.2, 0.25) is 0 Å². The summed E-state index contributed by atoms with van der Waals surface area (Å²) in [4.78, 5) is 12.2. The van der Waals surface area contributed by atoms with Gasteiger partial charge in [0, 0.05) is 39.7 Å². The number of aryl methyl sites for hydroxylation is 1. The van der Waals surface area contributed by atoms with E-state index in [0.717, 1.165) is 52.3 Å². The van der Waals surface area contributed by atoms with E-state index in [9.17, 15) is 0 Å². The van der Waals surface area contributed by atoms with Crippen molar-refractivity contribution in [3.05, 3.63) is 71.4 Å². The zero-order valence-electron chi connectivity index (χ0n) is 20.5.